The van der Waals surface area contributed by atoms with Crippen molar-refractivity contribution in [2.45, 2.75) is 0 Å². The second-order valence-corrected chi connectivity index (χ2v) is 0. The van der Waals surface area contributed by atoms with E-state index in [1.54, 1.807) is 0 Å². The molecule has 0 aromatic rings. The van der Waals surface area contributed by atoms with Crippen LogP contribution in [-0.4, -0.2) is 40.7 Å². The molecule has 0 unspecified atom stereocenters. The van der Waals surface area contributed by atoms with Crippen LogP contribution in [0.1, 0.15) is 0 Å². The minimum absolute atomic E-state index is 0.611. The molecule has 4 heteroatoms. The molecule has 0 amide bonds. The Morgan fingerprint density at radius 1 is 1.50 bits per heavy atom. The number of hydrogen-bond acceptors (Lipinski definition) is 1. The third-order valence-corrected chi connectivity index (χ3v) is 0. The van der Waals surface area contributed by atoms with E-state index in [1.807, 2.05) is 0 Å². The Morgan fingerprint density at radius 3 is 1.50 bits per heavy atom. The van der Waals surface area contributed by atoms with Crippen molar-refractivity contribution >= 4 is 40.7 Å². The second kappa shape index (κ2) is 33.1. The quantitative estimate of drug-likeness (QED) is 0.302. The first-order valence-electron chi connectivity index (χ1n) is 1.29. The van der Waals surface area contributed by atoms with Gasteiger partial charge in [-0.2, -0.15) is 0 Å². The van der Waals surface area contributed by atoms with Gasteiger partial charge in [-0.3, -0.25) is 0 Å². The molecule has 0 radical (unpaired) electrons. The van der Waals surface area contributed by atoms with Crippen LogP contribution in [0.4, 0.5) is 0 Å². The van der Waals surface area contributed by atoms with Gasteiger partial charge in [-0.15, -0.1) is 0 Å². The summed E-state index contributed by atoms with van der Waals surface area (Å²) in [5, 5.41) is 0. The summed E-state index contributed by atoms with van der Waals surface area (Å²) < 4.78 is 8.28. The molecule has 0 fully saturated rings. The fourth-order valence-electron chi connectivity index (χ4n) is 0. The molecule has 0 aromatic heterocycles. The third kappa shape index (κ3) is 11.4. The van der Waals surface area contributed by atoms with Crippen molar-refractivity contribution in [3.63, 3.8) is 0 Å². The third-order valence-electron chi connectivity index (χ3n) is 0. The summed E-state index contributed by atoms with van der Waals surface area (Å²) in [5.41, 5.74) is 0. The van der Waals surface area contributed by atoms with Crippen LogP contribution in [0.25, 0.3) is 0 Å². The van der Waals surface area contributed by atoms with E-state index < -0.39 is 0 Å². The molecule has 0 aliphatic rings. The van der Waals surface area contributed by atoms with Gasteiger partial charge in [-0.05, 0) is 0 Å². The molecule has 0 heterocycles. The average Bonchev–Trinajstić information content (AvgIpc) is 1.50. The summed E-state index contributed by atoms with van der Waals surface area (Å²) >= 11 is 2.06. The summed E-state index contributed by atoms with van der Waals surface area (Å²) in [6.07, 6.45) is 0. The van der Waals surface area contributed by atoms with Gasteiger partial charge in [0.25, 0.3) is 0 Å². The SMILES string of the molecule is [AlH2][SiH3].[O]=[AlH]. The van der Waals surface area contributed by atoms with Gasteiger partial charge in [0.2, 0.25) is 0 Å². The number of hydrogen-bond donors (Lipinski definition) is 0. The normalized spacial score (nSPS) is 2.75. The van der Waals surface area contributed by atoms with Crippen molar-refractivity contribution in [3.05, 3.63) is 0 Å². The van der Waals surface area contributed by atoms with Gasteiger partial charge in [0.1, 0.15) is 0 Å². The molecule has 4 heavy (non-hydrogen) atoms. The van der Waals surface area contributed by atoms with E-state index in [-0.39, 0.29) is 0 Å². The fraction of sp³-hybridized carbons (Fsp3) is 0. The van der Waals surface area contributed by atoms with Crippen molar-refractivity contribution in [2.75, 3.05) is 0 Å². The van der Waals surface area contributed by atoms with E-state index >= 15 is 0 Å². The molecule has 0 spiro atoms. The Balaban J connectivity index is 0. The summed E-state index contributed by atoms with van der Waals surface area (Å²) in [6, 6.07) is 0. The van der Waals surface area contributed by atoms with Crippen molar-refractivity contribution in [1.29, 1.82) is 0 Å². The number of rotatable bonds is 0. The van der Waals surface area contributed by atoms with Crippen molar-refractivity contribution in [1.82, 2.24) is 0 Å². The molecule has 0 N–H and O–H groups in total. The summed E-state index contributed by atoms with van der Waals surface area (Å²) in [5.74, 6) is 0. The Bertz CT molecular complexity index is 6.00. The zero-order valence-corrected chi connectivity index (χ0v) is 8.53. The van der Waals surface area contributed by atoms with Crippen LogP contribution in [0.15, 0.2) is 0 Å². The second-order valence-electron chi connectivity index (χ2n) is 0. The summed E-state index contributed by atoms with van der Waals surface area (Å²) in [7, 11) is 1.44. The van der Waals surface area contributed by atoms with E-state index in [4.69, 9.17) is 3.80 Å². The topological polar surface area (TPSA) is 17.1 Å². The van der Waals surface area contributed by atoms with Crippen molar-refractivity contribution in [3.8, 4) is 0 Å². The van der Waals surface area contributed by atoms with Gasteiger partial charge in [0, 0.05) is 0 Å². The first-order valence-corrected chi connectivity index (χ1v) is 9.87. The molecule has 0 saturated heterocycles. The Morgan fingerprint density at radius 2 is 1.50 bits per heavy atom. The molecule has 22 valence electrons. The first kappa shape index (κ1) is 8.91. The molecule has 0 aliphatic heterocycles. The molecule has 1 nitrogen and oxygen atoms in total. The van der Waals surface area contributed by atoms with E-state index in [0.717, 1.165) is 0 Å². The molecule has 0 rings (SSSR count). The van der Waals surface area contributed by atoms with Gasteiger partial charge in [-0.1, -0.05) is 8.80 Å². The van der Waals surface area contributed by atoms with Gasteiger partial charge >= 0.3 is 20.0 Å². The summed E-state index contributed by atoms with van der Waals surface area (Å²) in [6.45, 7) is 0. The van der Waals surface area contributed by atoms with E-state index in [9.17, 15) is 0 Å². The predicted molar refractivity (Wildman–Crippen MR) is 26.3 cm³/mol. The van der Waals surface area contributed by atoms with Gasteiger partial charge in [-0.25, -0.2) is 0 Å². The van der Waals surface area contributed by atoms with Gasteiger partial charge < -0.3 is 0 Å². The molecule has 0 aliphatic carbocycles. The van der Waals surface area contributed by atoms with Crippen molar-refractivity contribution in [2.24, 2.45) is 0 Å². The monoisotopic (exact) mass is 104 g/mol. The molecular weight excluding hydrogens is 98.0 g/mol. The van der Waals surface area contributed by atoms with Crippen LogP contribution >= 0.6 is 0 Å². The van der Waals surface area contributed by atoms with Crippen molar-refractivity contribution < 1.29 is 3.80 Å². The molecule has 0 aromatic carbocycles. The summed E-state index contributed by atoms with van der Waals surface area (Å²) in [4.78, 5) is 0. The van der Waals surface area contributed by atoms with Crippen LogP contribution in [0.5, 0.6) is 0 Å². The Kier molecular flexibility index (Phi) is 73.8. The molecule has 0 bridgehead atoms. The minimum atomic E-state index is 0.611. The Hall–Kier alpha value is 1.08. The van der Waals surface area contributed by atoms with E-state index in [2.05, 4.69) is 0 Å². The maximum atomic E-state index is 8.28. The standard InChI is InChI=1S/2Al.O.H3Si.3H/h;;;1H3;;;. The van der Waals surface area contributed by atoms with Crippen LogP contribution < -0.4 is 0 Å². The predicted octanol–water partition coefficient (Wildman–Crippen LogP) is -2.87. The molecule has 0 saturated carbocycles. The van der Waals surface area contributed by atoms with Gasteiger partial charge in [0.05, 0.1) is 0 Å². The molecular formula is H6Al2OSi. The fourth-order valence-corrected chi connectivity index (χ4v) is 0. The average molecular weight is 104 g/mol. The van der Waals surface area contributed by atoms with E-state index in [1.165, 1.54) is 24.4 Å². The first-order chi connectivity index (χ1) is 2.00. The van der Waals surface area contributed by atoms with Crippen LogP contribution in [0.2, 0.25) is 0 Å². The Labute approximate surface area is 44.7 Å². The molecule has 0 atom stereocenters. The van der Waals surface area contributed by atoms with E-state index in [0.29, 0.717) is 16.2 Å². The van der Waals surface area contributed by atoms with Crippen LogP contribution in [0.3, 0.4) is 0 Å². The van der Waals surface area contributed by atoms with Crippen LogP contribution in [0, 0.1) is 0 Å². The zero-order valence-electron chi connectivity index (χ0n) is 3.12. The maximum absolute atomic E-state index is 8.28. The van der Waals surface area contributed by atoms with Crippen LogP contribution in [-0.2, 0) is 3.80 Å². The zero-order chi connectivity index (χ0) is 4.00. The van der Waals surface area contributed by atoms with Gasteiger partial charge in [0.15, 0.2) is 15.6 Å².